The monoisotopic (exact) mass is 302 g/mol. The first-order valence-electron chi connectivity index (χ1n) is 7.69. The Labute approximate surface area is 130 Å². The average molecular weight is 302 g/mol. The van der Waals surface area contributed by atoms with Gasteiger partial charge in [-0.05, 0) is 50.3 Å². The fourth-order valence-corrected chi connectivity index (χ4v) is 3.92. The van der Waals surface area contributed by atoms with Gasteiger partial charge >= 0.3 is 0 Å². The summed E-state index contributed by atoms with van der Waals surface area (Å²) in [5.41, 5.74) is 8.41. The van der Waals surface area contributed by atoms with Crippen molar-refractivity contribution in [3.8, 4) is 5.75 Å². The SMILES string of the molecule is CCC(C)Oc1cccc(C2CCCc3nc(N)sc32)c1. The number of nitrogen functional groups attached to an aromatic ring is 1. The molecule has 2 aromatic rings. The molecule has 3 rings (SSSR count). The first kappa shape index (κ1) is 14.4. The maximum Gasteiger partial charge on any atom is 0.180 e. The van der Waals surface area contributed by atoms with Gasteiger partial charge in [-0.1, -0.05) is 19.1 Å². The van der Waals surface area contributed by atoms with Gasteiger partial charge in [0.25, 0.3) is 0 Å². The Bertz CT molecular complexity index is 623. The predicted octanol–water partition coefficient (Wildman–Crippen LogP) is 4.37. The summed E-state index contributed by atoms with van der Waals surface area (Å²) in [7, 11) is 0. The zero-order valence-electron chi connectivity index (χ0n) is 12.6. The average Bonchev–Trinajstić information content (AvgIpc) is 2.87. The zero-order chi connectivity index (χ0) is 14.8. The van der Waals surface area contributed by atoms with Crippen molar-refractivity contribution in [1.29, 1.82) is 0 Å². The van der Waals surface area contributed by atoms with Crippen LogP contribution in [-0.4, -0.2) is 11.1 Å². The van der Waals surface area contributed by atoms with Crippen molar-refractivity contribution in [2.24, 2.45) is 0 Å². The second-order valence-corrected chi connectivity index (χ2v) is 6.78. The van der Waals surface area contributed by atoms with Crippen LogP contribution in [0.1, 0.15) is 55.2 Å². The molecule has 1 aromatic heterocycles. The van der Waals surface area contributed by atoms with E-state index in [4.69, 9.17) is 10.5 Å². The molecule has 1 aliphatic rings. The highest BCUT2D eigenvalue weighted by atomic mass is 32.1. The van der Waals surface area contributed by atoms with Gasteiger partial charge in [0.05, 0.1) is 11.8 Å². The highest BCUT2D eigenvalue weighted by molar-refractivity contribution is 7.15. The molecule has 2 unspecified atom stereocenters. The number of rotatable bonds is 4. The molecule has 0 fully saturated rings. The molecule has 0 aliphatic heterocycles. The molecule has 112 valence electrons. The Hall–Kier alpha value is -1.55. The molecule has 0 amide bonds. The molecule has 1 heterocycles. The zero-order valence-corrected chi connectivity index (χ0v) is 13.5. The van der Waals surface area contributed by atoms with E-state index < -0.39 is 0 Å². The molecule has 4 heteroatoms. The van der Waals surface area contributed by atoms with Crippen molar-refractivity contribution in [1.82, 2.24) is 4.98 Å². The molecule has 0 saturated heterocycles. The number of hydrogen-bond acceptors (Lipinski definition) is 4. The maximum absolute atomic E-state index is 5.95. The maximum atomic E-state index is 5.95. The van der Waals surface area contributed by atoms with Crippen LogP contribution in [0.4, 0.5) is 5.13 Å². The summed E-state index contributed by atoms with van der Waals surface area (Å²) >= 11 is 1.64. The minimum atomic E-state index is 0.251. The van der Waals surface area contributed by atoms with E-state index in [-0.39, 0.29) is 6.10 Å². The van der Waals surface area contributed by atoms with Gasteiger partial charge < -0.3 is 10.5 Å². The Morgan fingerprint density at radius 2 is 2.33 bits per heavy atom. The third-order valence-corrected chi connectivity index (χ3v) is 5.18. The molecule has 0 bridgehead atoms. The lowest BCUT2D eigenvalue weighted by Crippen LogP contribution is -2.11. The fourth-order valence-electron chi connectivity index (χ4n) is 2.88. The number of benzene rings is 1. The highest BCUT2D eigenvalue weighted by Gasteiger charge is 2.25. The van der Waals surface area contributed by atoms with E-state index in [1.807, 2.05) is 6.07 Å². The van der Waals surface area contributed by atoms with Crippen molar-refractivity contribution >= 4 is 16.5 Å². The number of ether oxygens (including phenoxy) is 1. The molecule has 2 atom stereocenters. The van der Waals surface area contributed by atoms with Crippen LogP contribution in [-0.2, 0) is 6.42 Å². The smallest absolute Gasteiger partial charge is 0.180 e. The van der Waals surface area contributed by atoms with Crippen LogP contribution in [0, 0.1) is 0 Å². The number of nitrogens with zero attached hydrogens (tertiary/aromatic N) is 1. The minimum Gasteiger partial charge on any atom is -0.491 e. The van der Waals surface area contributed by atoms with Crippen molar-refractivity contribution in [2.75, 3.05) is 5.73 Å². The second kappa shape index (κ2) is 6.06. The summed E-state index contributed by atoms with van der Waals surface area (Å²) in [4.78, 5) is 5.82. The van der Waals surface area contributed by atoms with Gasteiger partial charge in [0.1, 0.15) is 5.75 Å². The number of hydrogen-bond donors (Lipinski definition) is 1. The van der Waals surface area contributed by atoms with Gasteiger partial charge in [0.2, 0.25) is 0 Å². The van der Waals surface area contributed by atoms with Crippen molar-refractivity contribution in [2.45, 2.75) is 51.6 Å². The van der Waals surface area contributed by atoms with E-state index in [2.05, 4.69) is 37.0 Å². The van der Waals surface area contributed by atoms with Crippen molar-refractivity contribution < 1.29 is 4.74 Å². The normalized spacial score (nSPS) is 19.0. The number of aromatic nitrogens is 1. The fraction of sp³-hybridized carbons (Fsp3) is 0.471. The Morgan fingerprint density at radius 1 is 1.48 bits per heavy atom. The first-order chi connectivity index (χ1) is 10.2. The van der Waals surface area contributed by atoms with Crippen LogP contribution >= 0.6 is 11.3 Å². The van der Waals surface area contributed by atoms with Gasteiger partial charge in [0, 0.05) is 10.8 Å². The molecule has 1 aromatic carbocycles. The number of aryl methyl sites for hydroxylation is 1. The number of thiazole rings is 1. The number of anilines is 1. The van der Waals surface area contributed by atoms with E-state index in [0.717, 1.165) is 18.6 Å². The van der Waals surface area contributed by atoms with Crippen molar-refractivity contribution in [3.05, 3.63) is 40.4 Å². The van der Waals surface area contributed by atoms with Crippen LogP contribution in [0.15, 0.2) is 24.3 Å². The summed E-state index contributed by atoms with van der Waals surface area (Å²) in [5, 5.41) is 0.693. The lowest BCUT2D eigenvalue weighted by atomic mass is 9.86. The largest absolute Gasteiger partial charge is 0.491 e. The summed E-state index contributed by atoms with van der Waals surface area (Å²) < 4.78 is 5.95. The standard InChI is InChI=1S/C17H22N2OS/c1-3-11(2)20-13-7-4-6-12(10-13)14-8-5-9-15-16(14)21-17(18)19-15/h4,6-7,10-11,14H,3,5,8-9H2,1-2H3,(H2,18,19). The summed E-state index contributed by atoms with van der Waals surface area (Å²) in [6, 6.07) is 8.51. The molecule has 3 nitrogen and oxygen atoms in total. The van der Waals surface area contributed by atoms with Gasteiger partial charge in [-0.25, -0.2) is 4.98 Å². The molecule has 0 spiro atoms. The quantitative estimate of drug-likeness (QED) is 0.912. The van der Waals surface area contributed by atoms with Gasteiger partial charge in [-0.2, -0.15) is 0 Å². The van der Waals surface area contributed by atoms with E-state index >= 15 is 0 Å². The summed E-state index contributed by atoms with van der Waals surface area (Å²) in [5.74, 6) is 1.38. The van der Waals surface area contributed by atoms with Crippen LogP contribution in [0.3, 0.4) is 0 Å². The third kappa shape index (κ3) is 3.05. The number of nitrogens with two attached hydrogens (primary N) is 1. The van der Waals surface area contributed by atoms with Crippen LogP contribution in [0.25, 0.3) is 0 Å². The van der Waals surface area contributed by atoms with Gasteiger partial charge in [0.15, 0.2) is 5.13 Å². The predicted molar refractivity (Wildman–Crippen MR) is 88.1 cm³/mol. The molecular weight excluding hydrogens is 280 g/mol. The molecule has 0 radical (unpaired) electrons. The third-order valence-electron chi connectivity index (χ3n) is 4.14. The Morgan fingerprint density at radius 3 is 3.14 bits per heavy atom. The van der Waals surface area contributed by atoms with E-state index in [1.165, 1.54) is 29.0 Å². The molecule has 1 aliphatic carbocycles. The lowest BCUT2D eigenvalue weighted by Gasteiger charge is -2.22. The Kier molecular flexibility index (Phi) is 4.15. The van der Waals surface area contributed by atoms with Crippen LogP contribution < -0.4 is 10.5 Å². The number of fused-ring (bicyclic) bond motifs is 1. The van der Waals surface area contributed by atoms with Crippen LogP contribution in [0.2, 0.25) is 0 Å². The summed E-state index contributed by atoms with van der Waals surface area (Å²) in [6.45, 7) is 4.25. The van der Waals surface area contributed by atoms with E-state index in [9.17, 15) is 0 Å². The molecule has 2 N–H and O–H groups in total. The van der Waals surface area contributed by atoms with Crippen molar-refractivity contribution in [3.63, 3.8) is 0 Å². The Balaban J connectivity index is 1.89. The first-order valence-corrected chi connectivity index (χ1v) is 8.50. The van der Waals surface area contributed by atoms with Gasteiger partial charge in [-0.3, -0.25) is 0 Å². The molecule has 21 heavy (non-hydrogen) atoms. The van der Waals surface area contributed by atoms with E-state index in [1.54, 1.807) is 11.3 Å². The second-order valence-electron chi connectivity index (χ2n) is 5.72. The van der Waals surface area contributed by atoms with E-state index in [0.29, 0.717) is 11.0 Å². The molecular formula is C17H22N2OS. The van der Waals surface area contributed by atoms with Gasteiger partial charge in [-0.15, -0.1) is 11.3 Å². The highest BCUT2D eigenvalue weighted by Crippen LogP contribution is 2.41. The topological polar surface area (TPSA) is 48.1 Å². The lowest BCUT2D eigenvalue weighted by molar-refractivity contribution is 0.217. The minimum absolute atomic E-state index is 0.251. The summed E-state index contributed by atoms with van der Waals surface area (Å²) in [6.07, 6.45) is 4.67. The molecule has 0 saturated carbocycles. The van der Waals surface area contributed by atoms with Crippen LogP contribution in [0.5, 0.6) is 5.75 Å².